The van der Waals surface area contributed by atoms with Crippen molar-refractivity contribution in [3.05, 3.63) is 98.5 Å². The van der Waals surface area contributed by atoms with Gasteiger partial charge in [0.15, 0.2) is 0 Å². The molecule has 0 unspecified atom stereocenters. The van der Waals surface area contributed by atoms with Crippen LogP contribution in [0.25, 0.3) is 0 Å². The van der Waals surface area contributed by atoms with Crippen LogP contribution in [0.15, 0.2) is 76.3 Å². The van der Waals surface area contributed by atoms with Gasteiger partial charge in [-0.2, -0.15) is 10.4 Å². The largest absolute Gasteiger partial charge is 0.488 e. The van der Waals surface area contributed by atoms with E-state index in [0.717, 1.165) is 21.2 Å². The molecule has 0 saturated carbocycles. The Morgan fingerprint density at radius 1 is 1.17 bits per heavy atom. The van der Waals surface area contributed by atoms with E-state index in [1.165, 1.54) is 0 Å². The fourth-order valence-corrected chi connectivity index (χ4v) is 3.27. The summed E-state index contributed by atoms with van der Waals surface area (Å²) in [6.45, 7) is 0.288. The normalized spacial score (nSPS) is 10.6. The Bertz CT molecular complexity index is 1110. The van der Waals surface area contributed by atoms with Gasteiger partial charge in [-0.15, -0.1) is 0 Å². The van der Waals surface area contributed by atoms with Gasteiger partial charge in [0.05, 0.1) is 28.7 Å². The van der Waals surface area contributed by atoms with E-state index in [1.54, 1.807) is 42.6 Å². The molecular weight excluding hydrogens is 466 g/mol. The van der Waals surface area contributed by atoms with Crippen LogP contribution in [0.3, 0.4) is 0 Å². The van der Waals surface area contributed by atoms with Crippen molar-refractivity contribution in [3.63, 3.8) is 0 Å². The number of benzene rings is 3. The van der Waals surface area contributed by atoms with Crippen molar-refractivity contribution in [2.75, 3.05) is 0 Å². The predicted octanol–water partition coefficient (Wildman–Crippen LogP) is 5.25. The molecule has 0 aliphatic carbocycles. The van der Waals surface area contributed by atoms with Gasteiger partial charge in [0, 0.05) is 10.6 Å². The minimum Gasteiger partial charge on any atom is -0.488 e. The number of hydrazone groups is 1. The molecule has 0 saturated heterocycles. The van der Waals surface area contributed by atoms with Crippen LogP contribution in [0.5, 0.6) is 5.75 Å². The highest BCUT2D eigenvalue weighted by molar-refractivity contribution is 9.10. The molecule has 3 aromatic carbocycles. The van der Waals surface area contributed by atoms with Crippen LogP contribution in [0.2, 0.25) is 5.02 Å². The fraction of sp³-hybridized carbons (Fsp3) is 0.0870. The monoisotopic (exact) mass is 481 g/mol. The summed E-state index contributed by atoms with van der Waals surface area (Å²) in [7, 11) is 0. The first-order valence-electron chi connectivity index (χ1n) is 9.02. The van der Waals surface area contributed by atoms with Gasteiger partial charge in [-0.25, -0.2) is 5.43 Å². The van der Waals surface area contributed by atoms with Crippen LogP contribution in [-0.4, -0.2) is 12.1 Å². The molecule has 0 bridgehead atoms. The van der Waals surface area contributed by atoms with E-state index in [4.69, 9.17) is 21.6 Å². The van der Waals surface area contributed by atoms with E-state index in [1.807, 2.05) is 30.3 Å². The molecule has 150 valence electrons. The SMILES string of the molecule is N#Cc1ccccc1COc1ccc(/C=N\NC(=O)Cc2ccc(Cl)cc2)cc1Br. The molecular formula is C23H17BrClN3O2. The summed E-state index contributed by atoms with van der Waals surface area (Å²) in [4.78, 5) is 12.0. The molecule has 1 amide bonds. The van der Waals surface area contributed by atoms with Gasteiger partial charge in [0.25, 0.3) is 0 Å². The molecule has 1 N–H and O–H groups in total. The van der Waals surface area contributed by atoms with Crippen molar-refractivity contribution in [2.24, 2.45) is 5.10 Å². The number of carbonyl (C=O) groups is 1. The molecule has 0 aromatic heterocycles. The first-order valence-corrected chi connectivity index (χ1v) is 10.2. The Kier molecular flexibility index (Phi) is 7.61. The first-order chi connectivity index (χ1) is 14.5. The summed E-state index contributed by atoms with van der Waals surface area (Å²) in [5.74, 6) is 0.426. The molecule has 5 nitrogen and oxygen atoms in total. The van der Waals surface area contributed by atoms with Gasteiger partial charge >= 0.3 is 0 Å². The van der Waals surface area contributed by atoms with Crippen LogP contribution in [0, 0.1) is 11.3 Å². The molecule has 0 aliphatic heterocycles. The predicted molar refractivity (Wildman–Crippen MR) is 121 cm³/mol. The van der Waals surface area contributed by atoms with Gasteiger partial charge < -0.3 is 4.74 Å². The average Bonchev–Trinajstić information content (AvgIpc) is 2.75. The van der Waals surface area contributed by atoms with Crippen molar-refractivity contribution in [1.82, 2.24) is 5.43 Å². The topological polar surface area (TPSA) is 74.5 Å². The summed E-state index contributed by atoms with van der Waals surface area (Å²) in [6.07, 6.45) is 1.77. The maximum Gasteiger partial charge on any atom is 0.244 e. The average molecular weight is 483 g/mol. The van der Waals surface area contributed by atoms with Gasteiger partial charge in [-0.3, -0.25) is 4.79 Å². The summed E-state index contributed by atoms with van der Waals surface area (Å²) >= 11 is 9.32. The summed E-state index contributed by atoms with van der Waals surface area (Å²) in [6, 6.07) is 22.0. The van der Waals surface area contributed by atoms with Gasteiger partial charge in [-0.05, 0) is 63.5 Å². The number of ether oxygens (including phenoxy) is 1. The molecule has 0 radical (unpaired) electrons. The van der Waals surface area contributed by atoms with Crippen LogP contribution in [0.4, 0.5) is 0 Å². The lowest BCUT2D eigenvalue weighted by Gasteiger charge is -2.10. The van der Waals surface area contributed by atoms with Crippen LogP contribution in [-0.2, 0) is 17.8 Å². The number of nitrogens with zero attached hydrogens (tertiary/aromatic N) is 2. The van der Waals surface area contributed by atoms with E-state index < -0.39 is 0 Å². The van der Waals surface area contributed by atoms with Crippen molar-refractivity contribution >= 4 is 39.7 Å². The second kappa shape index (κ2) is 10.6. The number of amides is 1. The second-order valence-corrected chi connectivity index (χ2v) is 7.63. The quantitative estimate of drug-likeness (QED) is 0.369. The maximum absolute atomic E-state index is 12.0. The standard InChI is InChI=1S/C23H17BrClN3O2/c24-21-11-17(14-27-28-23(29)12-16-5-8-20(25)9-6-16)7-10-22(21)30-15-19-4-2-1-3-18(19)13-26/h1-11,14H,12,15H2,(H,28,29)/b27-14-. The number of rotatable bonds is 7. The van der Waals surface area contributed by atoms with Crippen LogP contribution < -0.4 is 10.2 Å². The highest BCUT2D eigenvalue weighted by atomic mass is 79.9. The molecule has 0 aliphatic rings. The number of hydrogen-bond donors (Lipinski definition) is 1. The van der Waals surface area contributed by atoms with Crippen molar-refractivity contribution in [2.45, 2.75) is 13.0 Å². The third kappa shape index (κ3) is 6.18. The van der Waals surface area contributed by atoms with Crippen molar-refractivity contribution in [3.8, 4) is 11.8 Å². The molecule has 3 rings (SSSR count). The Morgan fingerprint density at radius 2 is 1.93 bits per heavy atom. The summed E-state index contributed by atoms with van der Waals surface area (Å²) in [5.41, 5.74) is 5.56. The van der Waals surface area contributed by atoms with Crippen LogP contribution >= 0.6 is 27.5 Å². The zero-order valence-corrected chi connectivity index (χ0v) is 18.2. The van der Waals surface area contributed by atoms with Crippen LogP contribution in [0.1, 0.15) is 22.3 Å². The van der Waals surface area contributed by atoms with Gasteiger partial charge in [0.2, 0.25) is 5.91 Å². The maximum atomic E-state index is 12.0. The number of nitrogens with one attached hydrogen (secondary N) is 1. The highest BCUT2D eigenvalue weighted by Crippen LogP contribution is 2.26. The molecule has 0 heterocycles. The van der Waals surface area contributed by atoms with Crippen molar-refractivity contribution in [1.29, 1.82) is 5.26 Å². The Hall–Kier alpha value is -3.14. The lowest BCUT2D eigenvalue weighted by molar-refractivity contribution is -0.120. The molecule has 0 fully saturated rings. The molecule has 7 heteroatoms. The lowest BCUT2D eigenvalue weighted by atomic mass is 10.1. The number of nitriles is 1. The van der Waals surface area contributed by atoms with E-state index >= 15 is 0 Å². The number of halogens is 2. The third-order valence-electron chi connectivity index (χ3n) is 4.16. The van der Waals surface area contributed by atoms with Gasteiger partial charge in [-0.1, -0.05) is 41.9 Å². The molecule has 0 spiro atoms. The Balaban J connectivity index is 1.55. The third-order valence-corrected chi connectivity index (χ3v) is 5.03. The molecule has 3 aromatic rings. The van der Waals surface area contributed by atoms with E-state index in [2.05, 4.69) is 32.5 Å². The van der Waals surface area contributed by atoms with E-state index in [9.17, 15) is 4.79 Å². The Labute approximate surface area is 188 Å². The van der Waals surface area contributed by atoms with Crippen molar-refractivity contribution < 1.29 is 9.53 Å². The zero-order valence-electron chi connectivity index (χ0n) is 15.8. The van der Waals surface area contributed by atoms with Gasteiger partial charge in [0.1, 0.15) is 12.4 Å². The lowest BCUT2D eigenvalue weighted by Crippen LogP contribution is -2.19. The summed E-state index contributed by atoms with van der Waals surface area (Å²) < 4.78 is 6.56. The Morgan fingerprint density at radius 3 is 2.67 bits per heavy atom. The minimum atomic E-state index is -0.219. The molecule has 0 atom stereocenters. The number of carbonyl (C=O) groups excluding carboxylic acids is 1. The smallest absolute Gasteiger partial charge is 0.244 e. The zero-order chi connectivity index (χ0) is 21.3. The van der Waals surface area contributed by atoms with E-state index in [0.29, 0.717) is 16.3 Å². The minimum absolute atomic E-state index is 0.217. The molecule has 30 heavy (non-hydrogen) atoms. The van der Waals surface area contributed by atoms with E-state index in [-0.39, 0.29) is 18.9 Å². The first kappa shape index (κ1) is 21.6. The second-order valence-electron chi connectivity index (χ2n) is 6.34. The fourth-order valence-electron chi connectivity index (χ4n) is 2.63. The summed E-state index contributed by atoms with van der Waals surface area (Å²) in [5, 5.41) is 13.8. The number of hydrogen-bond acceptors (Lipinski definition) is 4. The highest BCUT2D eigenvalue weighted by Gasteiger charge is 2.06.